The third-order valence-corrected chi connectivity index (χ3v) is 7.09. The molecular weight excluding hydrogens is 452 g/mol. The molecule has 0 spiro atoms. The summed E-state index contributed by atoms with van der Waals surface area (Å²) in [5, 5.41) is 4.64. The summed E-state index contributed by atoms with van der Waals surface area (Å²) in [6.07, 6.45) is 1.56. The number of carbonyl (C=O) groups is 1. The fourth-order valence-electron chi connectivity index (χ4n) is 3.65. The van der Waals surface area contributed by atoms with Gasteiger partial charge in [-0.15, -0.1) is 0 Å². The number of hydrogen-bond acceptors (Lipinski definition) is 6. The topological polar surface area (TPSA) is 105 Å². The maximum Gasteiger partial charge on any atom is 0.249 e. The third kappa shape index (κ3) is 5.01. The lowest BCUT2D eigenvalue weighted by Gasteiger charge is -2.22. The molecule has 8 nitrogen and oxygen atoms in total. The van der Waals surface area contributed by atoms with Crippen LogP contribution in [0.2, 0.25) is 5.02 Å². The molecule has 2 heterocycles. The molecule has 1 fully saturated rings. The van der Waals surface area contributed by atoms with Gasteiger partial charge < -0.3 is 9.42 Å². The lowest BCUT2D eigenvalue weighted by molar-refractivity contribution is -0.132. The van der Waals surface area contributed by atoms with Crippen molar-refractivity contribution < 1.29 is 17.7 Å². The zero-order valence-corrected chi connectivity index (χ0v) is 19.1. The molecule has 1 amide bonds. The Bertz CT molecular complexity index is 1190. The van der Waals surface area contributed by atoms with Gasteiger partial charge in [0.2, 0.25) is 27.6 Å². The van der Waals surface area contributed by atoms with E-state index in [4.69, 9.17) is 16.1 Å². The maximum atomic E-state index is 12.8. The van der Waals surface area contributed by atoms with Crippen LogP contribution < -0.4 is 4.72 Å². The van der Waals surface area contributed by atoms with Crippen molar-refractivity contribution in [3.8, 4) is 11.4 Å². The van der Waals surface area contributed by atoms with Gasteiger partial charge >= 0.3 is 0 Å². The zero-order chi connectivity index (χ0) is 22.7. The lowest BCUT2D eigenvalue weighted by Crippen LogP contribution is -2.34. The van der Waals surface area contributed by atoms with E-state index in [0.717, 1.165) is 17.5 Å². The molecule has 0 unspecified atom stereocenters. The van der Waals surface area contributed by atoms with Crippen molar-refractivity contribution in [3.63, 3.8) is 0 Å². The second-order valence-corrected chi connectivity index (χ2v) is 9.87. The van der Waals surface area contributed by atoms with Gasteiger partial charge in [-0.3, -0.25) is 4.79 Å². The molecule has 1 atom stereocenters. The smallest absolute Gasteiger partial charge is 0.249 e. The van der Waals surface area contributed by atoms with Crippen LogP contribution in [0, 0.1) is 6.92 Å². The molecule has 0 aliphatic carbocycles. The highest BCUT2D eigenvalue weighted by Crippen LogP contribution is 2.32. The van der Waals surface area contributed by atoms with Crippen molar-refractivity contribution in [2.75, 3.05) is 13.1 Å². The Hall–Kier alpha value is -2.75. The van der Waals surface area contributed by atoms with Gasteiger partial charge in [-0.05, 0) is 56.2 Å². The summed E-state index contributed by atoms with van der Waals surface area (Å²) >= 11 is 5.92. The largest absolute Gasteiger partial charge is 0.337 e. The Morgan fingerprint density at radius 3 is 2.62 bits per heavy atom. The summed E-state index contributed by atoms with van der Waals surface area (Å²) in [4.78, 5) is 19.1. The van der Waals surface area contributed by atoms with E-state index in [1.54, 1.807) is 53.4 Å². The van der Waals surface area contributed by atoms with Crippen LogP contribution in [-0.2, 0) is 14.8 Å². The van der Waals surface area contributed by atoms with Crippen molar-refractivity contribution >= 4 is 27.5 Å². The molecule has 2 aromatic carbocycles. The molecule has 1 aliphatic heterocycles. The van der Waals surface area contributed by atoms with E-state index >= 15 is 0 Å². The van der Waals surface area contributed by atoms with Crippen LogP contribution in [0.15, 0.2) is 57.9 Å². The Balaban J connectivity index is 1.37. The van der Waals surface area contributed by atoms with Gasteiger partial charge in [-0.25, -0.2) is 13.1 Å². The van der Waals surface area contributed by atoms with Crippen LogP contribution in [-0.4, -0.2) is 42.5 Å². The monoisotopic (exact) mass is 474 g/mol. The number of hydrogen-bond donors (Lipinski definition) is 1. The van der Waals surface area contributed by atoms with Gasteiger partial charge in [0.25, 0.3) is 0 Å². The predicted molar refractivity (Wildman–Crippen MR) is 119 cm³/mol. The molecule has 0 bridgehead atoms. The van der Waals surface area contributed by atoms with Crippen molar-refractivity contribution in [1.82, 2.24) is 19.8 Å². The molecule has 168 valence electrons. The average Bonchev–Trinajstić information content (AvgIpc) is 3.44. The number of likely N-dealkylation sites (tertiary alicyclic amines) is 1. The number of amides is 1. The number of rotatable bonds is 7. The minimum absolute atomic E-state index is 0.0120. The molecule has 1 aromatic heterocycles. The van der Waals surface area contributed by atoms with E-state index in [2.05, 4.69) is 14.9 Å². The van der Waals surface area contributed by atoms with Crippen molar-refractivity contribution in [3.05, 3.63) is 65.0 Å². The second kappa shape index (κ2) is 9.40. The van der Waals surface area contributed by atoms with Crippen molar-refractivity contribution in [2.45, 2.75) is 37.1 Å². The highest BCUT2D eigenvalue weighted by molar-refractivity contribution is 7.89. The molecular formula is C22H23ClN4O4S. The first kappa shape index (κ1) is 22.4. The molecule has 0 radical (unpaired) electrons. The highest BCUT2D eigenvalue weighted by atomic mass is 35.5. The Morgan fingerprint density at radius 2 is 1.91 bits per heavy atom. The summed E-state index contributed by atoms with van der Waals surface area (Å²) in [7, 11) is -3.66. The lowest BCUT2D eigenvalue weighted by atomic mass is 10.2. The van der Waals surface area contributed by atoms with Crippen LogP contribution in [0.3, 0.4) is 0 Å². The van der Waals surface area contributed by atoms with Crippen LogP contribution >= 0.6 is 11.6 Å². The number of benzene rings is 2. The molecule has 4 rings (SSSR count). The normalized spacial score (nSPS) is 16.4. The predicted octanol–water partition coefficient (Wildman–Crippen LogP) is 3.73. The quantitative estimate of drug-likeness (QED) is 0.559. The molecule has 10 heteroatoms. The first-order valence-corrected chi connectivity index (χ1v) is 12.1. The minimum Gasteiger partial charge on any atom is -0.337 e. The number of nitrogens with one attached hydrogen (secondary N) is 1. The second-order valence-electron chi connectivity index (χ2n) is 7.67. The number of nitrogens with zero attached hydrogens (tertiary/aromatic N) is 3. The fraction of sp³-hybridized carbons (Fsp3) is 0.318. The number of halogens is 1. The van der Waals surface area contributed by atoms with E-state index in [1.165, 1.54) is 0 Å². The van der Waals surface area contributed by atoms with Gasteiger partial charge in [0.15, 0.2) is 0 Å². The van der Waals surface area contributed by atoms with Crippen molar-refractivity contribution in [2.24, 2.45) is 0 Å². The number of sulfonamides is 1. The summed E-state index contributed by atoms with van der Waals surface area (Å²) in [6, 6.07) is 13.3. The van der Waals surface area contributed by atoms with E-state index in [9.17, 15) is 13.2 Å². The van der Waals surface area contributed by atoms with Gasteiger partial charge in [0.1, 0.15) is 6.04 Å². The van der Waals surface area contributed by atoms with Crippen molar-refractivity contribution in [1.29, 1.82) is 0 Å². The molecule has 3 aromatic rings. The summed E-state index contributed by atoms with van der Waals surface area (Å²) in [6.45, 7) is 2.46. The van der Waals surface area contributed by atoms with E-state index in [-0.39, 0.29) is 29.8 Å². The summed E-state index contributed by atoms with van der Waals surface area (Å²) < 4.78 is 32.8. The van der Waals surface area contributed by atoms with E-state index in [0.29, 0.717) is 29.7 Å². The van der Waals surface area contributed by atoms with E-state index < -0.39 is 10.0 Å². The van der Waals surface area contributed by atoms with Gasteiger partial charge in [0, 0.05) is 30.1 Å². The molecule has 0 saturated carbocycles. The van der Waals surface area contributed by atoms with Gasteiger partial charge in [0.05, 0.1) is 4.90 Å². The fourth-order valence-corrected chi connectivity index (χ4v) is 4.80. The molecule has 32 heavy (non-hydrogen) atoms. The summed E-state index contributed by atoms with van der Waals surface area (Å²) in [5.74, 6) is 0.646. The average molecular weight is 475 g/mol. The van der Waals surface area contributed by atoms with Gasteiger partial charge in [-0.2, -0.15) is 4.98 Å². The SMILES string of the molecule is Cc1ccc(S(=O)(=O)NCCC(=O)N2CCC[C@H]2c2nc(-c3ccc(Cl)cc3)no2)cc1. The number of aromatic nitrogens is 2. The first-order valence-electron chi connectivity index (χ1n) is 10.3. The highest BCUT2D eigenvalue weighted by Gasteiger charge is 2.34. The summed E-state index contributed by atoms with van der Waals surface area (Å²) in [5.41, 5.74) is 1.74. The molecule has 1 aliphatic rings. The maximum absolute atomic E-state index is 12.8. The van der Waals surface area contributed by atoms with Gasteiger partial charge in [-0.1, -0.05) is 34.5 Å². The number of carbonyl (C=O) groups excluding carboxylic acids is 1. The standard InChI is InChI=1S/C22H23ClN4O4S/c1-15-4-10-18(11-5-15)32(29,30)24-13-12-20(28)27-14-2-3-19(27)22-25-21(26-31-22)16-6-8-17(23)9-7-16/h4-11,19,24H,2-3,12-14H2,1H3/t19-/m0/s1. The van der Waals surface area contributed by atoms with E-state index in [1.807, 2.05) is 6.92 Å². The Labute approximate surface area is 191 Å². The van der Waals surface area contributed by atoms with Crippen LogP contribution in [0.5, 0.6) is 0 Å². The van der Waals surface area contributed by atoms with Crippen LogP contribution in [0.4, 0.5) is 0 Å². The molecule has 1 saturated heterocycles. The van der Waals surface area contributed by atoms with Crippen LogP contribution in [0.1, 0.15) is 36.8 Å². The minimum atomic E-state index is -3.66. The third-order valence-electron chi connectivity index (χ3n) is 5.36. The molecule has 1 N–H and O–H groups in total. The number of aryl methyl sites for hydroxylation is 1. The zero-order valence-electron chi connectivity index (χ0n) is 17.5. The Kier molecular flexibility index (Phi) is 6.59. The van der Waals surface area contributed by atoms with Crippen LogP contribution in [0.25, 0.3) is 11.4 Å². The first-order chi connectivity index (χ1) is 15.3. The Morgan fingerprint density at radius 1 is 1.19 bits per heavy atom.